The molecule has 0 aliphatic heterocycles. The van der Waals surface area contributed by atoms with E-state index in [4.69, 9.17) is 5.11 Å². The second-order valence-electron chi connectivity index (χ2n) is 3.07. The van der Waals surface area contributed by atoms with Crippen molar-refractivity contribution < 1.29 is 19.1 Å². The van der Waals surface area contributed by atoms with Gasteiger partial charge in [0.15, 0.2) is 6.29 Å². The number of hydrogen-bond donors (Lipinski definition) is 2. The van der Waals surface area contributed by atoms with Crippen molar-refractivity contribution in [1.82, 2.24) is 4.98 Å². The van der Waals surface area contributed by atoms with Crippen molar-refractivity contribution in [2.24, 2.45) is 0 Å². The molecule has 5 heteroatoms. The van der Waals surface area contributed by atoms with E-state index in [0.29, 0.717) is 11.8 Å². The van der Waals surface area contributed by atoms with E-state index in [2.05, 4.69) is 4.98 Å². The third-order valence-electron chi connectivity index (χ3n) is 2.08. The van der Waals surface area contributed by atoms with Crippen molar-refractivity contribution in [3.05, 3.63) is 35.3 Å². The highest BCUT2D eigenvalue weighted by Crippen LogP contribution is 2.20. The van der Waals surface area contributed by atoms with Gasteiger partial charge in [0.2, 0.25) is 0 Å². The Balaban J connectivity index is 2.75. The molecule has 0 radical (unpaired) electrons. The minimum Gasteiger partial charge on any atom is -0.478 e. The third-order valence-corrected chi connectivity index (χ3v) is 2.08. The molecular weight excluding hydrogens is 201 g/mol. The first-order chi connectivity index (χ1) is 7.11. The van der Waals surface area contributed by atoms with Gasteiger partial charge in [0.1, 0.15) is 5.82 Å². The van der Waals surface area contributed by atoms with Crippen LogP contribution in [-0.4, -0.2) is 22.3 Å². The predicted octanol–water partition coefficient (Wildman–Crippen LogP) is 1.82. The molecule has 1 heterocycles. The summed E-state index contributed by atoms with van der Waals surface area (Å²) >= 11 is 0. The Morgan fingerprint density at radius 1 is 1.40 bits per heavy atom. The number of benzene rings is 1. The summed E-state index contributed by atoms with van der Waals surface area (Å²) in [4.78, 5) is 23.7. The predicted molar refractivity (Wildman–Crippen MR) is 50.6 cm³/mol. The summed E-state index contributed by atoms with van der Waals surface area (Å²) in [7, 11) is 0. The molecule has 0 amide bonds. The molecule has 2 rings (SSSR count). The van der Waals surface area contributed by atoms with Crippen LogP contribution in [0.15, 0.2) is 18.2 Å². The van der Waals surface area contributed by atoms with Gasteiger partial charge in [-0.2, -0.15) is 0 Å². The van der Waals surface area contributed by atoms with E-state index in [1.165, 1.54) is 12.1 Å². The lowest BCUT2D eigenvalue weighted by Crippen LogP contribution is -1.96. The lowest BCUT2D eigenvalue weighted by atomic mass is 10.1. The topological polar surface area (TPSA) is 70.2 Å². The molecule has 1 aromatic heterocycles. The Morgan fingerprint density at radius 3 is 2.73 bits per heavy atom. The van der Waals surface area contributed by atoms with Crippen LogP contribution in [0.3, 0.4) is 0 Å². The summed E-state index contributed by atoms with van der Waals surface area (Å²) in [5.41, 5.74) is 0.361. The number of carboxylic acids is 1. The van der Waals surface area contributed by atoms with Crippen LogP contribution in [0, 0.1) is 5.82 Å². The van der Waals surface area contributed by atoms with Gasteiger partial charge >= 0.3 is 5.97 Å². The molecule has 2 aromatic rings. The molecule has 76 valence electrons. The number of aromatic amines is 1. The molecule has 0 bridgehead atoms. The molecule has 2 N–H and O–H groups in total. The number of aromatic carboxylic acids is 1. The lowest BCUT2D eigenvalue weighted by molar-refractivity contribution is 0.0696. The molecule has 0 aliphatic rings. The molecule has 4 nitrogen and oxygen atoms in total. The number of carbonyl (C=O) groups excluding carboxylic acids is 1. The number of aldehydes is 1. The molecule has 15 heavy (non-hydrogen) atoms. The quantitative estimate of drug-likeness (QED) is 0.738. The first kappa shape index (κ1) is 9.39. The second-order valence-corrected chi connectivity index (χ2v) is 3.07. The third kappa shape index (κ3) is 1.48. The Kier molecular flexibility index (Phi) is 2.00. The van der Waals surface area contributed by atoms with Gasteiger partial charge in [0.05, 0.1) is 11.3 Å². The Morgan fingerprint density at radius 2 is 2.13 bits per heavy atom. The highest BCUT2D eigenvalue weighted by Gasteiger charge is 2.11. The smallest absolute Gasteiger partial charge is 0.335 e. The van der Waals surface area contributed by atoms with Crippen LogP contribution in [0.4, 0.5) is 4.39 Å². The van der Waals surface area contributed by atoms with Gasteiger partial charge in [-0.05, 0) is 18.2 Å². The van der Waals surface area contributed by atoms with Crippen LogP contribution in [0.1, 0.15) is 20.8 Å². The molecule has 0 unspecified atom stereocenters. The van der Waals surface area contributed by atoms with Crippen LogP contribution in [0.2, 0.25) is 0 Å². The average molecular weight is 207 g/mol. The van der Waals surface area contributed by atoms with Crippen molar-refractivity contribution in [2.75, 3.05) is 0 Å². The van der Waals surface area contributed by atoms with Crippen molar-refractivity contribution >= 4 is 23.2 Å². The van der Waals surface area contributed by atoms with Gasteiger partial charge < -0.3 is 10.1 Å². The largest absolute Gasteiger partial charge is 0.478 e. The Bertz CT molecular complexity index is 559. The van der Waals surface area contributed by atoms with Gasteiger partial charge in [-0.25, -0.2) is 9.18 Å². The molecule has 0 aliphatic carbocycles. The van der Waals surface area contributed by atoms with Gasteiger partial charge in [0.25, 0.3) is 0 Å². The van der Waals surface area contributed by atoms with E-state index >= 15 is 0 Å². The number of halogens is 1. The summed E-state index contributed by atoms with van der Waals surface area (Å²) in [6.45, 7) is 0. The molecule has 1 aromatic carbocycles. The molecular formula is C10H6FNO3. The summed E-state index contributed by atoms with van der Waals surface area (Å²) < 4.78 is 13.4. The SMILES string of the molecule is O=Cc1cc2c(F)cc(C(=O)O)cc2[nH]1. The van der Waals surface area contributed by atoms with E-state index in [0.717, 1.165) is 6.07 Å². The molecule has 0 atom stereocenters. The van der Waals surface area contributed by atoms with Gasteiger partial charge in [-0.1, -0.05) is 0 Å². The summed E-state index contributed by atoms with van der Waals surface area (Å²) in [6, 6.07) is 3.55. The van der Waals surface area contributed by atoms with Crippen LogP contribution in [0.5, 0.6) is 0 Å². The van der Waals surface area contributed by atoms with E-state index < -0.39 is 11.8 Å². The minimum atomic E-state index is -1.21. The van der Waals surface area contributed by atoms with E-state index in [-0.39, 0.29) is 16.6 Å². The van der Waals surface area contributed by atoms with Crippen LogP contribution in [0.25, 0.3) is 10.9 Å². The fourth-order valence-electron chi connectivity index (χ4n) is 1.40. The summed E-state index contributed by atoms with van der Waals surface area (Å²) in [5.74, 6) is -1.87. The minimum absolute atomic E-state index is 0.153. The first-order valence-electron chi connectivity index (χ1n) is 4.12. The fourth-order valence-corrected chi connectivity index (χ4v) is 1.40. The van der Waals surface area contributed by atoms with Crippen LogP contribution < -0.4 is 0 Å². The number of carbonyl (C=O) groups is 2. The number of carboxylic acid groups (broad SMARTS) is 1. The first-order valence-corrected chi connectivity index (χ1v) is 4.12. The maximum absolute atomic E-state index is 13.4. The lowest BCUT2D eigenvalue weighted by Gasteiger charge is -1.96. The van der Waals surface area contributed by atoms with Gasteiger partial charge in [-0.3, -0.25) is 4.79 Å². The molecule has 0 saturated carbocycles. The van der Waals surface area contributed by atoms with Gasteiger partial charge in [0, 0.05) is 10.9 Å². The zero-order chi connectivity index (χ0) is 11.0. The highest BCUT2D eigenvalue weighted by molar-refractivity contribution is 5.95. The summed E-state index contributed by atoms with van der Waals surface area (Å²) in [5, 5.41) is 8.89. The maximum atomic E-state index is 13.4. The van der Waals surface area contributed by atoms with Crippen molar-refractivity contribution in [2.45, 2.75) is 0 Å². The second kappa shape index (κ2) is 3.20. The zero-order valence-electron chi connectivity index (χ0n) is 7.45. The zero-order valence-corrected chi connectivity index (χ0v) is 7.45. The fraction of sp³-hybridized carbons (Fsp3) is 0. The van der Waals surface area contributed by atoms with Gasteiger partial charge in [-0.15, -0.1) is 0 Å². The van der Waals surface area contributed by atoms with E-state index in [9.17, 15) is 14.0 Å². The molecule has 0 fully saturated rings. The number of rotatable bonds is 2. The number of fused-ring (bicyclic) bond motifs is 1. The van der Waals surface area contributed by atoms with Crippen molar-refractivity contribution in [3.63, 3.8) is 0 Å². The number of hydrogen-bond acceptors (Lipinski definition) is 2. The summed E-state index contributed by atoms with van der Waals surface area (Å²) in [6.07, 6.45) is 0.542. The van der Waals surface area contributed by atoms with Crippen LogP contribution >= 0.6 is 0 Å². The van der Waals surface area contributed by atoms with Crippen LogP contribution in [-0.2, 0) is 0 Å². The van der Waals surface area contributed by atoms with E-state index in [1.54, 1.807) is 0 Å². The normalized spacial score (nSPS) is 10.5. The van der Waals surface area contributed by atoms with E-state index in [1.807, 2.05) is 0 Å². The Labute approximate surface area is 83.3 Å². The van der Waals surface area contributed by atoms with Crippen molar-refractivity contribution in [1.29, 1.82) is 0 Å². The average Bonchev–Trinajstić information content (AvgIpc) is 2.61. The number of aromatic nitrogens is 1. The molecule has 0 saturated heterocycles. The highest BCUT2D eigenvalue weighted by atomic mass is 19.1. The number of H-pyrrole nitrogens is 1. The number of nitrogens with one attached hydrogen (secondary N) is 1. The monoisotopic (exact) mass is 207 g/mol. The maximum Gasteiger partial charge on any atom is 0.335 e. The Hall–Kier alpha value is -2.17. The van der Waals surface area contributed by atoms with Crippen molar-refractivity contribution in [3.8, 4) is 0 Å². The molecule has 0 spiro atoms. The standard InChI is InChI=1S/C10H6FNO3/c11-8-1-5(10(14)15)2-9-7(8)3-6(4-13)12-9/h1-4,12H,(H,14,15).